The minimum absolute atomic E-state index is 0.465. The van der Waals surface area contributed by atoms with Crippen LogP contribution in [0.4, 0.5) is 0 Å². The lowest BCUT2D eigenvalue weighted by molar-refractivity contribution is 0.420. The maximum absolute atomic E-state index is 2.68. The summed E-state index contributed by atoms with van der Waals surface area (Å²) in [6, 6.07) is 0. The molecule has 0 heteroatoms. The molecule has 0 radical (unpaired) electrons. The van der Waals surface area contributed by atoms with Gasteiger partial charge in [0, 0.05) is 0 Å². The van der Waals surface area contributed by atoms with Crippen LogP contribution in [-0.4, -0.2) is 0 Å². The molecule has 0 N–H and O–H groups in total. The van der Waals surface area contributed by atoms with Crippen molar-refractivity contribution >= 4 is 0 Å². The van der Waals surface area contributed by atoms with Crippen LogP contribution in [0.3, 0.4) is 0 Å². The van der Waals surface area contributed by atoms with Crippen LogP contribution < -0.4 is 0 Å². The maximum Gasteiger partial charge on any atom is -0.00271 e. The van der Waals surface area contributed by atoms with Gasteiger partial charge in [0.15, 0.2) is 0 Å². The van der Waals surface area contributed by atoms with E-state index in [9.17, 15) is 0 Å². The van der Waals surface area contributed by atoms with E-state index in [1.165, 1.54) is 12.8 Å². The molecule has 0 fully saturated rings. The summed E-state index contributed by atoms with van der Waals surface area (Å²) in [6.07, 6.45) is 11.0. The Kier molecular flexibility index (Phi) is 17.4. The van der Waals surface area contributed by atoms with Crippen molar-refractivity contribution in [2.45, 2.75) is 82.1 Å². The van der Waals surface area contributed by atoms with Crippen molar-refractivity contribution in [1.29, 1.82) is 0 Å². The van der Waals surface area contributed by atoms with E-state index >= 15 is 0 Å². The van der Waals surface area contributed by atoms with E-state index in [0.29, 0.717) is 10.8 Å². The third-order valence-corrected chi connectivity index (χ3v) is 2.18. The lowest BCUT2D eigenvalue weighted by Gasteiger charge is -2.13. The van der Waals surface area contributed by atoms with Gasteiger partial charge in [-0.1, -0.05) is 65.8 Å². The molecule has 0 rings (SSSR count). The second-order valence-electron chi connectivity index (χ2n) is 7.17. The SMILES string of the molecule is C/C=C/CC(C)(C)C.C/C=C\CC(C)(C)C.CC#CC. The molecule has 20 heavy (non-hydrogen) atoms. The van der Waals surface area contributed by atoms with E-state index in [1.54, 1.807) is 0 Å². The van der Waals surface area contributed by atoms with Crippen LogP contribution in [0.5, 0.6) is 0 Å². The van der Waals surface area contributed by atoms with Crippen LogP contribution in [0.1, 0.15) is 82.1 Å². The highest BCUT2D eigenvalue weighted by atomic mass is 14.1. The van der Waals surface area contributed by atoms with Crippen molar-refractivity contribution in [3.05, 3.63) is 24.3 Å². The Morgan fingerprint density at radius 2 is 0.900 bits per heavy atom. The third kappa shape index (κ3) is 43.5. The molecule has 0 aromatic heterocycles. The van der Waals surface area contributed by atoms with E-state index in [4.69, 9.17) is 0 Å². The van der Waals surface area contributed by atoms with Crippen molar-refractivity contribution in [1.82, 2.24) is 0 Å². The molecule has 0 amide bonds. The summed E-state index contributed by atoms with van der Waals surface area (Å²) >= 11 is 0. The van der Waals surface area contributed by atoms with Crippen LogP contribution >= 0.6 is 0 Å². The van der Waals surface area contributed by atoms with Crippen molar-refractivity contribution in [2.75, 3.05) is 0 Å². The number of hydrogen-bond acceptors (Lipinski definition) is 0. The van der Waals surface area contributed by atoms with Crippen LogP contribution in [0, 0.1) is 22.7 Å². The van der Waals surface area contributed by atoms with Crippen LogP contribution in [0.25, 0.3) is 0 Å². The standard InChI is InChI=1S/2C8H16.C4H6/c2*1-5-6-7-8(2,3)4;1-3-4-2/h2*5-6H,7H2,1-4H3;1-2H3/b6-5+;6-5-;. The van der Waals surface area contributed by atoms with Crippen molar-refractivity contribution in [3.8, 4) is 11.8 Å². The van der Waals surface area contributed by atoms with Gasteiger partial charge in [-0.3, -0.25) is 0 Å². The minimum Gasteiger partial charge on any atom is -0.107 e. The van der Waals surface area contributed by atoms with Gasteiger partial charge in [0.05, 0.1) is 0 Å². The first kappa shape index (κ1) is 24.1. The largest absolute Gasteiger partial charge is 0.107 e. The summed E-state index contributed by atoms with van der Waals surface area (Å²) in [5, 5.41) is 0. The van der Waals surface area contributed by atoms with Gasteiger partial charge in [0.2, 0.25) is 0 Å². The highest BCUT2D eigenvalue weighted by Gasteiger charge is 2.05. The lowest BCUT2D eigenvalue weighted by Crippen LogP contribution is -2.01. The molecule has 0 aliphatic rings. The fraction of sp³-hybridized carbons (Fsp3) is 0.700. The van der Waals surface area contributed by atoms with Gasteiger partial charge in [-0.05, 0) is 51.4 Å². The maximum atomic E-state index is 2.68. The summed E-state index contributed by atoms with van der Waals surface area (Å²) in [7, 11) is 0. The van der Waals surface area contributed by atoms with Crippen molar-refractivity contribution in [2.24, 2.45) is 10.8 Å². The molecule has 0 heterocycles. The van der Waals surface area contributed by atoms with Crippen molar-refractivity contribution in [3.63, 3.8) is 0 Å². The molecule has 0 aromatic rings. The van der Waals surface area contributed by atoms with Gasteiger partial charge in [-0.25, -0.2) is 0 Å². The molecule has 0 aliphatic carbocycles. The summed E-state index contributed by atoms with van der Waals surface area (Å²) in [6.45, 7) is 21.2. The second-order valence-corrected chi connectivity index (χ2v) is 7.17. The fourth-order valence-electron chi connectivity index (χ4n) is 0.943. The molecule has 0 saturated heterocycles. The zero-order valence-corrected chi connectivity index (χ0v) is 15.7. The van der Waals surface area contributed by atoms with E-state index in [-0.39, 0.29) is 0 Å². The molecule has 118 valence electrons. The van der Waals surface area contributed by atoms with Gasteiger partial charge in [-0.2, -0.15) is 0 Å². The Hall–Kier alpha value is -0.960. The van der Waals surface area contributed by atoms with E-state index in [0.717, 1.165) is 0 Å². The quantitative estimate of drug-likeness (QED) is 0.376. The van der Waals surface area contributed by atoms with Gasteiger partial charge in [-0.15, -0.1) is 11.8 Å². The number of allylic oxidation sites excluding steroid dienone is 4. The van der Waals surface area contributed by atoms with Crippen LogP contribution in [0.15, 0.2) is 24.3 Å². The minimum atomic E-state index is 0.465. The molecular formula is C20H38. The zero-order chi connectivity index (χ0) is 16.7. The van der Waals surface area contributed by atoms with Gasteiger partial charge < -0.3 is 0 Å². The Morgan fingerprint density at radius 1 is 0.650 bits per heavy atom. The van der Waals surface area contributed by atoms with Crippen LogP contribution in [-0.2, 0) is 0 Å². The average molecular weight is 279 g/mol. The zero-order valence-electron chi connectivity index (χ0n) is 15.7. The highest BCUT2D eigenvalue weighted by Crippen LogP contribution is 2.18. The van der Waals surface area contributed by atoms with Crippen molar-refractivity contribution < 1.29 is 0 Å². The molecule has 0 unspecified atom stereocenters. The fourth-order valence-corrected chi connectivity index (χ4v) is 0.943. The monoisotopic (exact) mass is 278 g/mol. The van der Waals surface area contributed by atoms with E-state index < -0.39 is 0 Å². The average Bonchev–Trinajstić information content (AvgIpc) is 2.33. The molecule has 0 aromatic carbocycles. The Morgan fingerprint density at radius 3 is 0.950 bits per heavy atom. The molecular weight excluding hydrogens is 240 g/mol. The van der Waals surface area contributed by atoms with Gasteiger partial charge in [0.1, 0.15) is 0 Å². The second kappa shape index (κ2) is 14.4. The molecule has 0 aliphatic heterocycles. The smallest absolute Gasteiger partial charge is 0.00271 e. The molecule has 0 atom stereocenters. The Balaban J connectivity index is -0.000000230. The summed E-state index contributed by atoms with van der Waals surface area (Å²) in [4.78, 5) is 0. The predicted octanol–water partition coefficient (Wildman–Crippen LogP) is 7.03. The molecule has 0 spiro atoms. The number of rotatable bonds is 2. The summed E-state index contributed by atoms with van der Waals surface area (Å²) < 4.78 is 0. The highest BCUT2D eigenvalue weighted by molar-refractivity contribution is 4.89. The molecule has 0 nitrogen and oxygen atoms in total. The van der Waals surface area contributed by atoms with Crippen LogP contribution in [0.2, 0.25) is 0 Å². The summed E-state index contributed by atoms with van der Waals surface area (Å²) in [5.41, 5.74) is 0.930. The van der Waals surface area contributed by atoms with E-state index in [2.05, 4.69) is 91.5 Å². The molecule has 0 bridgehead atoms. The Bertz CT molecular complexity index is 262. The van der Waals surface area contributed by atoms with E-state index in [1.807, 2.05) is 13.8 Å². The lowest BCUT2D eigenvalue weighted by atomic mass is 9.92. The first-order valence-corrected chi connectivity index (χ1v) is 7.59. The topological polar surface area (TPSA) is 0 Å². The van der Waals surface area contributed by atoms with Gasteiger partial charge >= 0.3 is 0 Å². The third-order valence-electron chi connectivity index (χ3n) is 2.18. The molecule has 0 saturated carbocycles. The first-order valence-electron chi connectivity index (χ1n) is 7.59. The predicted molar refractivity (Wildman–Crippen MR) is 96.9 cm³/mol. The number of hydrogen-bond donors (Lipinski definition) is 0. The normalized spacial score (nSPS) is 11.1. The first-order chi connectivity index (χ1) is 9.04. The summed E-state index contributed by atoms with van der Waals surface area (Å²) in [5.74, 6) is 5.36. The van der Waals surface area contributed by atoms with Gasteiger partial charge in [0.25, 0.3) is 0 Å². The Labute approximate surface area is 129 Å².